The number of furan rings is 1. The van der Waals surface area contributed by atoms with Crippen LogP contribution in [0.2, 0.25) is 0 Å². The Balaban J connectivity index is 1.63. The minimum atomic E-state index is -0.623. The van der Waals surface area contributed by atoms with Gasteiger partial charge in [0.15, 0.2) is 6.61 Å². The van der Waals surface area contributed by atoms with Gasteiger partial charge in [-0.05, 0) is 56.3 Å². The minimum absolute atomic E-state index is 0.264. The average Bonchev–Trinajstić information content (AvgIpc) is 3.39. The number of aromatic nitrogens is 1. The molecule has 0 fully saturated rings. The molecule has 1 aromatic carbocycles. The Bertz CT molecular complexity index is 1090. The topological polar surface area (TPSA) is 79.9 Å². The molecular weight excluding hydrogens is 398 g/mol. The molecule has 0 N–H and O–H groups in total. The number of esters is 1. The Labute approximate surface area is 180 Å². The van der Waals surface area contributed by atoms with Crippen LogP contribution in [-0.4, -0.2) is 37.1 Å². The van der Waals surface area contributed by atoms with E-state index in [1.54, 1.807) is 50.8 Å². The van der Waals surface area contributed by atoms with Crippen molar-refractivity contribution in [2.45, 2.75) is 20.4 Å². The second-order valence-corrected chi connectivity index (χ2v) is 6.92. The summed E-state index contributed by atoms with van der Waals surface area (Å²) in [5, 5.41) is 0. The molecule has 31 heavy (non-hydrogen) atoms. The van der Waals surface area contributed by atoms with E-state index in [4.69, 9.17) is 18.6 Å². The molecule has 0 spiro atoms. The second-order valence-electron chi connectivity index (χ2n) is 6.92. The molecule has 0 aliphatic heterocycles. The molecule has 0 amide bonds. The zero-order chi connectivity index (χ0) is 22.4. The standard InChI is InChI=1S/C24H25NO6/c1-16-12-21(17(2)25(16)14-20-6-5-11-30-20)22(26)15-31-24(27)10-7-18-13-19(28-3)8-9-23(18)29-4/h5-13H,14-15H2,1-4H3/b10-7+. The van der Waals surface area contributed by atoms with Crippen molar-refractivity contribution in [3.05, 3.63) is 77.0 Å². The number of aryl methyl sites for hydroxylation is 1. The van der Waals surface area contributed by atoms with Crippen molar-refractivity contribution in [3.63, 3.8) is 0 Å². The maximum atomic E-state index is 12.6. The Kier molecular flexibility index (Phi) is 6.97. The Morgan fingerprint density at radius 3 is 2.58 bits per heavy atom. The number of rotatable bonds is 9. The summed E-state index contributed by atoms with van der Waals surface area (Å²) in [6, 6.07) is 10.7. The van der Waals surface area contributed by atoms with Gasteiger partial charge in [0.1, 0.15) is 17.3 Å². The van der Waals surface area contributed by atoms with Crippen LogP contribution in [-0.2, 0) is 16.1 Å². The maximum Gasteiger partial charge on any atom is 0.331 e. The molecule has 3 rings (SSSR count). The SMILES string of the molecule is COc1ccc(OC)c(/C=C/C(=O)OCC(=O)c2cc(C)n(Cc3ccco3)c2C)c1. The molecule has 7 heteroatoms. The van der Waals surface area contributed by atoms with Crippen molar-refractivity contribution in [3.8, 4) is 11.5 Å². The Hall–Kier alpha value is -3.74. The van der Waals surface area contributed by atoms with Gasteiger partial charge in [-0.25, -0.2) is 4.79 Å². The fourth-order valence-corrected chi connectivity index (χ4v) is 3.28. The smallest absolute Gasteiger partial charge is 0.331 e. The number of hydrogen-bond acceptors (Lipinski definition) is 6. The van der Waals surface area contributed by atoms with E-state index in [9.17, 15) is 9.59 Å². The average molecular weight is 423 g/mol. The lowest BCUT2D eigenvalue weighted by Gasteiger charge is -2.08. The number of carbonyl (C=O) groups excluding carboxylic acids is 2. The summed E-state index contributed by atoms with van der Waals surface area (Å²) in [7, 11) is 3.10. The number of Topliss-reactive ketones (excluding diaryl/α,β-unsaturated/α-hetero) is 1. The summed E-state index contributed by atoms with van der Waals surface area (Å²) in [5.74, 6) is 1.13. The highest BCUT2D eigenvalue weighted by atomic mass is 16.5. The molecular formula is C24H25NO6. The first kappa shape index (κ1) is 22.0. The Morgan fingerprint density at radius 1 is 1.10 bits per heavy atom. The molecule has 0 aliphatic rings. The molecule has 0 aliphatic carbocycles. The molecule has 2 heterocycles. The van der Waals surface area contributed by atoms with Crippen LogP contribution >= 0.6 is 0 Å². The number of hydrogen-bond donors (Lipinski definition) is 0. The summed E-state index contributed by atoms with van der Waals surface area (Å²) in [6.45, 7) is 3.97. The molecule has 162 valence electrons. The summed E-state index contributed by atoms with van der Waals surface area (Å²) >= 11 is 0. The van der Waals surface area contributed by atoms with E-state index >= 15 is 0 Å². The van der Waals surface area contributed by atoms with Gasteiger partial charge in [0.2, 0.25) is 5.78 Å². The highest BCUT2D eigenvalue weighted by Gasteiger charge is 2.17. The monoisotopic (exact) mass is 423 g/mol. The molecule has 0 unspecified atom stereocenters. The van der Waals surface area contributed by atoms with Gasteiger partial charge in [-0.1, -0.05) is 0 Å². The predicted molar refractivity (Wildman–Crippen MR) is 116 cm³/mol. The molecule has 2 aromatic heterocycles. The van der Waals surface area contributed by atoms with Crippen LogP contribution in [0, 0.1) is 13.8 Å². The van der Waals surface area contributed by atoms with Crippen LogP contribution in [0.15, 0.2) is 53.2 Å². The van der Waals surface area contributed by atoms with Crippen molar-refractivity contribution < 1.29 is 28.2 Å². The third-order valence-corrected chi connectivity index (χ3v) is 4.95. The molecule has 0 atom stereocenters. The van der Waals surface area contributed by atoms with Gasteiger partial charge in [0.05, 0.1) is 27.0 Å². The van der Waals surface area contributed by atoms with Crippen molar-refractivity contribution in [2.24, 2.45) is 0 Å². The number of ketones is 1. The van der Waals surface area contributed by atoms with Gasteiger partial charge in [-0.2, -0.15) is 0 Å². The van der Waals surface area contributed by atoms with Gasteiger partial charge >= 0.3 is 5.97 Å². The van der Waals surface area contributed by atoms with E-state index in [0.717, 1.165) is 17.1 Å². The van der Waals surface area contributed by atoms with E-state index < -0.39 is 5.97 Å². The summed E-state index contributed by atoms with van der Waals surface area (Å²) in [6.07, 6.45) is 4.43. The summed E-state index contributed by atoms with van der Waals surface area (Å²) in [5.41, 5.74) is 2.90. The molecule has 7 nitrogen and oxygen atoms in total. The number of ether oxygens (including phenoxy) is 3. The number of benzene rings is 1. The van der Waals surface area contributed by atoms with Gasteiger partial charge in [-0.15, -0.1) is 0 Å². The molecule has 0 radical (unpaired) electrons. The third kappa shape index (κ3) is 5.25. The number of carbonyl (C=O) groups is 2. The van der Waals surface area contributed by atoms with Gasteiger partial charge < -0.3 is 23.2 Å². The van der Waals surface area contributed by atoms with Crippen LogP contribution in [0.4, 0.5) is 0 Å². The highest BCUT2D eigenvalue weighted by molar-refractivity contribution is 6.00. The van der Waals surface area contributed by atoms with E-state index in [1.807, 2.05) is 30.5 Å². The van der Waals surface area contributed by atoms with Crippen molar-refractivity contribution in [1.82, 2.24) is 4.57 Å². The van der Waals surface area contributed by atoms with E-state index in [0.29, 0.717) is 29.2 Å². The van der Waals surface area contributed by atoms with E-state index in [1.165, 1.54) is 6.08 Å². The first-order valence-electron chi connectivity index (χ1n) is 9.72. The van der Waals surface area contributed by atoms with Gasteiger partial charge in [-0.3, -0.25) is 4.79 Å². The Morgan fingerprint density at radius 2 is 1.90 bits per heavy atom. The van der Waals surface area contributed by atoms with Crippen LogP contribution in [0.5, 0.6) is 11.5 Å². The predicted octanol–water partition coefficient (Wildman–Crippen LogP) is 4.20. The van der Waals surface area contributed by atoms with Crippen molar-refractivity contribution >= 4 is 17.8 Å². The highest BCUT2D eigenvalue weighted by Crippen LogP contribution is 2.25. The fraction of sp³-hybridized carbons (Fsp3) is 0.250. The quantitative estimate of drug-likeness (QED) is 0.292. The second kappa shape index (κ2) is 9.84. The zero-order valence-electron chi connectivity index (χ0n) is 18.0. The maximum absolute atomic E-state index is 12.6. The van der Waals surface area contributed by atoms with Gasteiger partial charge in [0.25, 0.3) is 0 Å². The lowest BCUT2D eigenvalue weighted by Crippen LogP contribution is -2.13. The van der Waals surface area contributed by atoms with Crippen molar-refractivity contribution in [1.29, 1.82) is 0 Å². The van der Waals surface area contributed by atoms with Crippen LogP contribution in [0.25, 0.3) is 6.08 Å². The lowest BCUT2D eigenvalue weighted by molar-refractivity contribution is -0.136. The van der Waals surface area contributed by atoms with Gasteiger partial charge in [0, 0.05) is 28.6 Å². The van der Waals surface area contributed by atoms with Crippen LogP contribution < -0.4 is 9.47 Å². The first-order chi connectivity index (χ1) is 14.9. The van der Waals surface area contributed by atoms with Crippen molar-refractivity contribution in [2.75, 3.05) is 20.8 Å². The minimum Gasteiger partial charge on any atom is -0.497 e. The number of methoxy groups -OCH3 is 2. The van der Waals surface area contributed by atoms with E-state index in [2.05, 4.69) is 0 Å². The third-order valence-electron chi connectivity index (χ3n) is 4.95. The molecule has 0 bridgehead atoms. The van der Waals surface area contributed by atoms with E-state index in [-0.39, 0.29) is 12.4 Å². The normalized spacial score (nSPS) is 11.0. The van der Waals surface area contributed by atoms with Crippen LogP contribution in [0.1, 0.15) is 33.1 Å². The fourth-order valence-electron chi connectivity index (χ4n) is 3.28. The molecule has 3 aromatic rings. The lowest BCUT2D eigenvalue weighted by atomic mass is 10.1. The largest absolute Gasteiger partial charge is 0.497 e. The van der Waals surface area contributed by atoms with Crippen LogP contribution in [0.3, 0.4) is 0 Å². The summed E-state index contributed by atoms with van der Waals surface area (Å²) < 4.78 is 23.0. The first-order valence-corrected chi connectivity index (χ1v) is 9.72. The molecule has 0 saturated heterocycles. The number of nitrogens with zero attached hydrogens (tertiary/aromatic N) is 1. The summed E-state index contributed by atoms with van der Waals surface area (Å²) in [4.78, 5) is 24.7. The zero-order valence-corrected chi connectivity index (χ0v) is 18.0. The molecule has 0 saturated carbocycles.